The number of carbonyl (C=O) groups is 2. The predicted octanol–water partition coefficient (Wildman–Crippen LogP) is 2.98. The molecule has 1 amide bonds. The van der Waals surface area contributed by atoms with E-state index in [9.17, 15) is 22.8 Å². The van der Waals surface area contributed by atoms with E-state index in [1.807, 2.05) is 13.8 Å². The van der Waals surface area contributed by atoms with Gasteiger partial charge in [-0.25, -0.2) is 4.79 Å². The summed E-state index contributed by atoms with van der Waals surface area (Å²) in [4.78, 5) is 26.6. The van der Waals surface area contributed by atoms with Gasteiger partial charge >= 0.3 is 18.0 Å². The van der Waals surface area contributed by atoms with Gasteiger partial charge < -0.3 is 14.9 Å². The number of nitrogens with one attached hydrogen (secondary N) is 1. The highest BCUT2D eigenvalue weighted by molar-refractivity contribution is 5.96. The smallest absolute Gasteiger partial charge is 0.471 e. The summed E-state index contributed by atoms with van der Waals surface area (Å²) in [5, 5.41) is 14.8. The standard InChI is InChI=1S/C16H16F3N3O4/c1-8(2)7-11(14(24)25)20-13(23)10-5-3-9(4-6-10)12-21-15(26-22-12)16(17,18)19/h3-6,8,11H,7H2,1-2H3,(H,20,23)(H,24,25)/t11-/m1/s1. The molecular formula is C16H16F3N3O4. The van der Waals surface area contributed by atoms with Crippen molar-refractivity contribution in [2.24, 2.45) is 5.92 Å². The molecule has 1 aromatic heterocycles. The van der Waals surface area contributed by atoms with E-state index in [1.54, 1.807) is 0 Å². The van der Waals surface area contributed by atoms with Crippen LogP contribution >= 0.6 is 0 Å². The number of hydrogen-bond donors (Lipinski definition) is 2. The summed E-state index contributed by atoms with van der Waals surface area (Å²) in [6.45, 7) is 3.66. The molecule has 0 fully saturated rings. The Labute approximate surface area is 146 Å². The lowest BCUT2D eigenvalue weighted by molar-refractivity contribution is -0.159. The van der Waals surface area contributed by atoms with Crippen LogP contribution in [0.2, 0.25) is 0 Å². The lowest BCUT2D eigenvalue weighted by atomic mass is 10.0. The molecule has 1 heterocycles. The van der Waals surface area contributed by atoms with Crippen LogP contribution in [-0.2, 0) is 11.0 Å². The van der Waals surface area contributed by atoms with Gasteiger partial charge in [-0.3, -0.25) is 4.79 Å². The minimum Gasteiger partial charge on any atom is -0.480 e. The van der Waals surface area contributed by atoms with Crippen molar-refractivity contribution in [3.05, 3.63) is 35.7 Å². The number of amides is 1. The number of carboxylic acids is 1. The van der Waals surface area contributed by atoms with Crippen LogP contribution in [0, 0.1) is 5.92 Å². The third-order valence-electron chi connectivity index (χ3n) is 3.38. The van der Waals surface area contributed by atoms with E-state index in [0.29, 0.717) is 0 Å². The number of alkyl halides is 3. The van der Waals surface area contributed by atoms with Crippen molar-refractivity contribution < 1.29 is 32.4 Å². The highest BCUT2D eigenvalue weighted by Crippen LogP contribution is 2.29. The number of benzene rings is 1. The van der Waals surface area contributed by atoms with Crippen molar-refractivity contribution >= 4 is 11.9 Å². The van der Waals surface area contributed by atoms with E-state index in [0.717, 1.165) is 0 Å². The molecule has 1 atom stereocenters. The van der Waals surface area contributed by atoms with Crippen molar-refractivity contribution in [2.75, 3.05) is 0 Å². The van der Waals surface area contributed by atoms with E-state index in [2.05, 4.69) is 20.0 Å². The third-order valence-corrected chi connectivity index (χ3v) is 3.38. The number of aromatic nitrogens is 2. The molecule has 0 bridgehead atoms. The summed E-state index contributed by atoms with van der Waals surface area (Å²) in [6, 6.07) is 4.33. The molecule has 2 aromatic rings. The second kappa shape index (κ2) is 7.54. The normalized spacial score (nSPS) is 12.8. The summed E-state index contributed by atoms with van der Waals surface area (Å²) < 4.78 is 41.5. The van der Waals surface area contributed by atoms with Gasteiger partial charge in [0.25, 0.3) is 5.91 Å². The fraction of sp³-hybridized carbons (Fsp3) is 0.375. The monoisotopic (exact) mass is 371 g/mol. The van der Waals surface area contributed by atoms with Crippen molar-refractivity contribution in [1.29, 1.82) is 0 Å². The Hall–Kier alpha value is -2.91. The number of rotatable bonds is 6. The molecule has 0 aliphatic carbocycles. The molecule has 0 spiro atoms. The number of aliphatic carboxylic acids is 1. The molecule has 10 heteroatoms. The van der Waals surface area contributed by atoms with Gasteiger partial charge in [0, 0.05) is 11.1 Å². The van der Waals surface area contributed by atoms with Crippen LogP contribution < -0.4 is 5.32 Å². The van der Waals surface area contributed by atoms with Gasteiger partial charge in [-0.2, -0.15) is 18.2 Å². The summed E-state index contributed by atoms with van der Waals surface area (Å²) in [6.07, 6.45) is -4.48. The average molecular weight is 371 g/mol. The fourth-order valence-corrected chi connectivity index (χ4v) is 2.16. The van der Waals surface area contributed by atoms with Gasteiger partial charge in [-0.1, -0.05) is 31.1 Å². The molecule has 0 aliphatic rings. The molecule has 0 saturated heterocycles. The lowest BCUT2D eigenvalue weighted by Crippen LogP contribution is -2.41. The second-order valence-corrected chi connectivity index (χ2v) is 5.99. The SMILES string of the molecule is CC(C)C[C@@H](NC(=O)c1ccc(-c2noc(C(F)(F)F)n2)cc1)C(=O)O. The minimum absolute atomic E-state index is 0.0693. The van der Waals surface area contributed by atoms with E-state index in [-0.39, 0.29) is 29.3 Å². The molecule has 0 aliphatic heterocycles. The molecule has 0 saturated carbocycles. The number of carboxylic acid groups (broad SMARTS) is 1. The number of hydrogen-bond acceptors (Lipinski definition) is 5. The van der Waals surface area contributed by atoms with E-state index in [1.165, 1.54) is 24.3 Å². The van der Waals surface area contributed by atoms with Crippen LogP contribution in [-0.4, -0.2) is 33.2 Å². The molecule has 140 valence electrons. The van der Waals surface area contributed by atoms with Crippen LogP contribution in [0.15, 0.2) is 28.8 Å². The molecule has 2 N–H and O–H groups in total. The Morgan fingerprint density at radius 2 is 1.85 bits per heavy atom. The summed E-state index contributed by atoms with van der Waals surface area (Å²) in [5.74, 6) is -3.41. The summed E-state index contributed by atoms with van der Waals surface area (Å²) in [5.41, 5.74) is 0.376. The van der Waals surface area contributed by atoms with Crippen LogP contribution in [0.5, 0.6) is 0 Å². The first kappa shape index (κ1) is 19.4. The quantitative estimate of drug-likeness (QED) is 0.809. The molecule has 26 heavy (non-hydrogen) atoms. The zero-order chi connectivity index (χ0) is 19.5. The van der Waals surface area contributed by atoms with Gasteiger partial charge in [0.15, 0.2) is 0 Å². The highest BCUT2D eigenvalue weighted by atomic mass is 19.4. The van der Waals surface area contributed by atoms with Crippen LogP contribution in [0.3, 0.4) is 0 Å². The highest BCUT2D eigenvalue weighted by Gasteiger charge is 2.38. The van der Waals surface area contributed by atoms with Crippen molar-refractivity contribution in [3.8, 4) is 11.4 Å². The minimum atomic E-state index is -4.74. The van der Waals surface area contributed by atoms with Gasteiger partial charge in [0.2, 0.25) is 5.82 Å². The number of halogens is 3. The Bertz CT molecular complexity index is 785. The van der Waals surface area contributed by atoms with Crippen molar-refractivity contribution in [1.82, 2.24) is 15.5 Å². The largest absolute Gasteiger partial charge is 0.480 e. The van der Waals surface area contributed by atoms with Crippen LogP contribution in [0.4, 0.5) is 13.2 Å². The molecular weight excluding hydrogens is 355 g/mol. The van der Waals surface area contributed by atoms with Gasteiger partial charge in [0.1, 0.15) is 6.04 Å². The Kier molecular flexibility index (Phi) is 5.63. The third kappa shape index (κ3) is 4.80. The first-order chi connectivity index (χ1) is 12.1. The molecule has 2 rings (SSSR count). The maximum absolute atomic E-state index is 12.5. The number of carbonyl (C=O) groups excluding carboxylic acids is 1. The Morgan fingerprint density at radius 1 is 1.23 bits per heavy atom. The average Bonchev–Trinajstić information content (AvgIpc) is 3.04. The first-order valence-corrected chi connectivity index (χ1v) is 7.63. The van der Waals surface area contributed by atoms with Crippen LogP contribution in [0.25, 0.3) is 11.4 Å². The van der Waals surface area contributed by atoms with Crippen molar-refractivity contribution in [3.63, 3.8) is 0 Å². The lowest BCUT2D eigenvalue weighted by Gasteiger charge is -2.16. The Balaban J connectivity index is 2.12. The zero-order valence-corrected chi connectivity index (χ0v) is 13.9. The van der Waals surface area contributed by atoms with Gasteiger partial charge in [0.05, 0.1) is 0 Å². The topological polar surface area (TPSA) is 105 Å². The second-order valence-electron chi connectivity index (χ2n) is 5.99. The van der Waals surface area contributed by atoms with E-state index < -0.39 is 30.0 Å². The molecule has 1 aromatic carbocycles. The fourth-order valence-electron chi connectivity index (χ4n) is 2.16. The Morgan fingerprint density at radius 3 is 2.31 bits per heavy atom. The van der Waals surface area contributed by atoms with Gasteiger partial charge in [-0.05, 0) is 24.5 Å². The predicted molar refractivity (Wildman–Crippen MR) is 83.1 cm³/mol. The molecule has 0 unspecified atom stereocenters. The first-order valence-electron chi connectivity index (χ1n) is 7.63. The van der Waals surface area contributed by atoms with E-state index >= 15 is 0 Å². The van der Waals surface area contributed by atoms with Gasteiger partial charge in [-0.15, -0.1) is 0 Å². The summed E-state index contributed by atoms with van der Waals surface area (Å²) >= 11 is 0. The maximum Gasteiger partial charge on any atom is 0.471 e. The number of nitrogens with zero attached hydrogens (tertiary/aromatic N) is 2. The molecule has 7 nitrogen and oxygen atoms in total. The maximum atomic E-state index is 12.5. The van der Waals surface area contributed by atoms with Crippen molar-refractivity contribution in [2.45, 2.75) is 32.5 Å². The summed E-state index contributed by atoms with van der Waals surface area (Å²) in [7, 11) is 0. The van der Waals surface area contributed by atoms with E-state index in [4.69, 9.17) is 5.11 Å². The zero-order valence-electron chi connectivity index (χ0n) is 13.9. The van der Waals surface area contributed by atoms with Crippen LogP contribution in [0.1, 0.15) is 36.5 Å². The molecule has 0 radical (unpaired) electrons.